The molecule has 0 aliphatic carbocycles. The highest BCUT2D eigenvalue weighted by molar-refractivity contribution is 7.00. The molecule has 0 bridgehead atoms. The van der Waals surface area contributed by atoms with Gasteiger partial charge in [0.25, 0.3) is 6.71 Å². The van der Waals surface area contributed by atoms with Crippen LogP contribution in [0, 0.1) is 17.9 Å². The molecule has 0 saturated heterocycles. The lowest BCUT2D eigenvalue weighted by atomic mass is 9.33. The van der Waals surface area contributed by atoms with Crippen molar-refractivity contribution in [3.8, 4) is 95.3 Å². The Bertz CT molecular complexity index is 6490. The van der Waals surface area contributed by atoms with Crippen LogP contribution in [-0.4, -0.2) is 15.8 Å². The summed E-state index contributed by atoms with van der Waals surface area (Å²) in [5.74, 6) is 0. The summed E-state index contributed by atoms with van der Waals surface area (Å²) in [5.41, 5.74) is 32.5. The molecule has 16 aromatic carbocycles. The van der Waals surface area contributed by atoms with Crippen LogP contribution in [0.25, 0.3) is 138 Å². The average Bonchev–Trinajstić information content (AvgIpc) is 0.702. The quantitative estimate of drug-likeness (QED) is 0.0958. The first-order chi connectivity index (χ1) is 55.3. The number of anilines is 6. The van der Waals surface area contributed by atoms with Gasteiger partial charge in [0.2, 0.25) is 0 Å². The molecule has 20 rings (SSSR count). The summed E-state index contributed by atoms with van der Waals surface area (Å²) in [4.78, 5) is 9.66. The lowest BCUT2D eigenvalue weighted by Gasteiger charge is -2.46. The number of benzene rings is 16. The van der Waals surface area contributed by atoms with Crippen molar-refractivity contribution in [2.75, 3.05) is 9.80 Å². The molecule has 2 aliphatic rings. The SMILES string of the molecule is [C-]#[N+]c1ccccc1-c1cc(-c2ccccc2)cc(-c2cccc(C(C)(C)C)c2)c1N1c2cc(-n3c4ccccc4c4ccccc43)ccc2B2c3ccc(-n4c5ccccc5c5ccccc54)cc3N(c3c(-c4cccc(C(C)(C)C)c4)cc(-c4ccccc4)cc3-c3ccccc3C#N)c3cc(-c4ccccc4)cc1c32. The monoisotopic (exact) mass is 1440 g/mol. The standard InChI is InChI=1S/C106H77BN6/c1-105(2,3)77-40-29-38-71(57-77)87-59-74(68-31-11-8-12-32-68)61-89(81-42-18-17-37-73(81)67-108)103(87)112-98-65-79(110-94-49-25-20-44-83(94)84-45-21-26-50-95(84)110)53-55-91(98)107-92-56-54-80(111-96-51-27-22-46-85(96)86-47-23-28-52-97(86)111)66-99(92)113(101-64-76(63-100(112)102(101)107)70-35-15-10-16-36-70)104-88(72-39-30-41-78(58-72)106(4,5)6)60-75(69-33-13-9-14-34-69)62-90(104)82-43-19-24-48-93(82)109-7/h8-66H,1-6H3. The number of nitriles is 1. The number of rotatable bonds is 11. The lowest BCUT2D eigenvalue weighted by Crippen LogP contribution is -2.61. The Kier molecular flexibility index (Phi) is 16.2. The van der Waals surface area contributed by atoms with Gasteiger partial charge in [-0.25, -0.2) is 4.85 Å². The molecule has 534 valence electrons. The number of aromatic nitrogens is 2. The summed E-state index contributed by atoms with van der Waals surface area (Å²) in [6.07, 6.45) is 0. The van der Waals surface area contributed by atoms with E-state index in [0.29, 0.717) is 11.3 Å². The van der Waals surface area contributed by atoms with E-state index in [9.17, 15) is 5.26 Å². The van der Waals surface area contributed by atoms with Gasteiger partial charge in [-0.1, -0.05) is 308 Å². The highest BCUT2D eigenvalue weighted by Gasteiger charge is 2.46. The Balaban J connectivity index is 1.00. The topological polar surface area (TPSA) is 44.5 Å². The maximum Gasteiger partial charge on any atom is 0.252 e. The molecule has 0 atom stereocenters. The smallest absolute Gasteiger partial charge is 0.252 e. The zero-order valence-electron chi connectivity index (χ0n) is 63.8. The second-order valence-electron chi connectivity index (χ2n) is 32.1. The molecular weight excluding hydrogens is 1370 g/mol. The van der Waals surface area contributed by atoms with Crippen molar-refractivity contribution in [3.63, 3.8) is 0 Å². The summed E-state index contributed by atoms with van der Waals surface area (Å²) in [7, 11) is 0. The largest absolute Gasteiger partial charge is 0.310 e. The van der Waals surface area contributed by atoms with E-state index in [1.54, 1.807) is 0 Å². The van der Waals surface area contributed by atoms with Crippen molar-refractivity contribution in [1.82, 2.24) is 9.13 Å². The van der Waals surface area contributed by atoms with Gasteiger partial charge in [-0.05, 0) is 185 Å². The molecule has 113 heavy (non-hydrogen) atoms. The van der Waals surface area contributed by atoms with Crippen LogP contribution in [0.1, 0.15) is 58.2 Å². The normalized spacial score (nSPS) is 12.4. The molecular formula is C106H77BN6. The van der Waals surface area contributed by atoms with Gasteiger partial charge in [0.05, 0.1) is 51.6 Å². The fraction of sp³-hybridized carbons (Fsp3) is 0.0755. The van der Waals surface area contributed by atoms with Crippen molar-refractivity contribution in [1.29, 1.82) is 5.26 Å². The van der Waals surface area contributed by atoms with Gasteiger partial charge in [0, 0.05) is 77.9 Å². The molecule has 6 nitrogen and oxygen atoms in total. The third-order valence-electron chi connectivity index (χ3n) is 23.4. The first-order valence-corrected chi connectivity index (χ1v) is 39.0. The number of hydrogen-bond donors (Lipinski definition) is 0. The molecule has 2 aliphatic heterocycles. The molecule has 0 radical (unpaired) electrons. The highest BCUT2D eigenvalue weighted by atomic mass is 15.2. The molecule has 2 aromatic heterocycles. The number of fused-ring (bicyclic) bond motifs is 10. The third-order valence-corrected chi connectivity index (χ3v) is 23.4. The zero-order chi connectivity index (χ0) is 76.4. The minimum atomic E-state index is -0.400. The van der Waals surface area contributed by atoms with E-state index in [2.05, 4.69) is 405 Å². The Morgan fingerprint density at radius 3 is 1.07 bits per heavy atom. The second kappa shape index (κ2) is 26.8. The fourth-order valence-electron chi connectivity index (χ4n) is 18.0. The lowest BCUT2D eigenvalue weighted by molar-refractivity contribution is 0.590. The van der Waals surface area contributed by atoms with E-state index in [4.69, 9.17) is 6.57 Å². The molecule has 18 aromatic rings. The van der Waals surface area contributed by atoms with Crippen LogP contribution in [0.15, 0.2) is 358 Å². The van der Waals surface area contributed by atoms with Crippen LogP contribution in [0.3, 0.4) is 0 Å². The third kappa shape index (κ3) is 11.3. The van der Waals surface area contributed by atoms with E-state index < -0.39 is 6.71 Å². The van der Waals surface area contributed by atoms with Crippen LogP contribution in [0.2, 0.25) is 0 Å². The minimum Gasteiger partial charge on any atom is -0.310 e. The average molecular weight is 1450 g/mol. The summed E-state index contributed by atoms with van der Waals surface area (Å²) < 4.78 is 4.91. The van der Waals surface area contributed by atoms with Crippen LogP contribution in [0.5, 0.6) is 0 Å². The molecule has 0 saturated carbocycles. The first-order valence-electron chi connectivity index (χ1n) is 39.0. The van der Waals surface area contributed by atoms with Gasteiger partial charge < -0.3 is 18.9 Å². The summed E-state index contributed by atoms with van der Waals surface area (Å²) in [5, 5.41) is 16.4. The van der Waals surface area contributed by atoms with Crippen molar-refractivity contribution in [3.05, 3.63) is 386 Å². The summed E-state index contributed by atoms with van der Waals surface area (Å²) in [6, 6.07) is 134. The van der Waals surface area contributed by atoms with Crippen molar-refractivity contribution >= 4 is 107 Å². The second-order valence-corrected chi connectivity index (χ2v) is 32.1. The van der Waals surface area contributed by atoms with Gasteiger partial charge in [-0.3, -0.25) is 0 Å². The van der Waals surface area contributed by atoms with E-state index in [1.165, 1.54) is 32.7 Å². The van der Waals surface area contributed by atoms with Crippen molar-refractivity contribution in [2.45, 2.75) is 52.4 Å². The summed E-state index contributed by atoms with van der Waals surface area (Å²) in [6.45, 7) is 22.5. The predicted octanol–water partition coefficient (Wildman–Crippen LogP) is 26.6. The van der Waals surface area contributed by atoms with E-state index >= 15 is 0 Å². The molecule has 0 fully saturated rings. The Morgan fingerprint density at radius 1 is 0.301 bits per heavy atom. The first kappa shape index (κ1) is 68.1. The van der Waals surface area contributed by atoms with Gasteiger partial charge in [-0.2, -0.15) is 5.26 Å². The Morgan fingerprint density at radius 2 is 0.655 bits per heavy atom. The van der Waals surface area contributed by atoms with E-state index in [0.717, 1.165) is 162 Å². The van der Waals surface area contributed by atoms with Crippen molar-refractivity contribution in [2.24, 2.45) is 0 Å². The Labute approximate surface area is 660 Å². The predicted molar refractivity (Wildman–Crippen MR) is 476 cm³/mol. The van der Waals surface area contributed by atoms with Gasteiger partial charge >= 0.3 is 0 Å². The molecule has 4 heterocycles. The molecule has 0 N–H and O–H groups in total. The molecule has 0 unspecified atom stereocenters. The summed E-state index contributed by atoms with van der Waals surface area (Å²) >= 11 is 0. The van der Waals surface area contributed by atoms with Gasteiger partial charge in [-0.15, -0.1) is 0 Å². The maximum atomic E-state index is 11.7. The van der Waals surface area contributed by atoms with Crippen LogP contribution in [-0.2, 0) is 10.8 Å². The van der Waals surface area contributed by atoms with Gasteiger partial charge in [0.1, 0.15) is 0 Å². The Hall–Kier alpha value is -14.2. The van der Waals surface area contributed by atoms with Crippen LogP contribution < -0.4 is 26.2 Å². The number of hydrogen-bond acceptors (Lipinski definition) is 3. The van der Waals surface area contributed by atoms with Crippen LogP contribution in [0.4, 0.5) is 39.8 Å². The van der Waals surface area contributed by atoms with Crippen molar-refractivity contribution < 1.29 is 0 Å². The maximum absolute atomic E-state index is 11.7. The zero-order valence-corrected chi connectivity index (χ0v) is 63.8. The fourth-order valence-corrected chi connectivity index (χ4v) is 18.0. The van der Waals surface area contributed by atoms with Gasteiger partial charge in [0.15, 0.2) is 5.69 Å². The number of para-hydroxylation sites is 5. The molecule has 0 spiro atoms. The highest BCUT2D eigenvalue weighted by Crippen LogP contribution is 2.57. The van der Waals surface area contributed by atoms with Crippen LogP contribution >= 0.6 is 0 Å². The molecule has 0 amide bonds. The minimum absolute atomic E-state index is 0.213. The number of nitrogens with zero attached hydrogens (tertiary/aromatic N) is 6. The molecule has 7 heteroatoms. The van der Waals surface area contributed by atoms with E-state index in [1.807, 2.05) is 24.3 Å². The van der Waals surface area contributed by atoms with E-state index in [-0.39, 0.29) is 10.8 Å².